The predicted octanol–water partition coefficient (Wildman–Crippen LogP) is 4.61. The van der Waals surface area contributed by atoms with Crippen LogP contribution in [0.2, 0.25) is 0 Å². The van der Waals surface area contributed by atoms with Crippen molar-refractivity contribution in [3.63, 3.8) is 0 Å². The molecule has 2 amide bonds. The molecule has 2 aromatic carbocycles. The van der Waals surface area contributed by atoms with E-state index in [1.54, 1.807) is 23.2 Å². The Morgan fingerprint density at radius 2 is 1.62 bits per heavy atom. The number of aromatic nitrogens is 1. The van der Waals surface area contributed by atoms with Gasteiger partial charge >= 0.3 is 6.09 Å². The molecule has 3 aromatic rings. The van der Waals surface area contributed by atoms with Crippen molar-refractivity contribution in [1.29, 1.82) is 0 Å². The van der Waals surface area contributed by atoms with Crippen LogP contribution < -0.4 is 4.74 Å². The number of para-hydroxylation sites is 1. The first-order chi connectivity index (χ1) is 15.7. The predicted molar refractivity (Wildman–Crippen MR) is 118 cm³/mol. The summed E-state index contributed by atoms with van der Waals surface area (Å²) in [6.07, 6.45) is 6.30. The van der Waals surface area contributed by atoms with Gasteiger partial charge in [-0.2, -0.15) is 0 Å². The van der Waals surface area contributed by atoms with Crippen LogP contribution in [0.5, 0.6) is 5.75 Å². The molecule has 0 N–H and O–H groups in total. The topological polar surface area (TPSA) is 75.9 Å². The summed E-state index contributed by atoms with van der Waals surface area (Å²) in [6, 6.07) is 17.0. The highest BCUT2D eigenvalue weighted by Crippen LogP contribution is 2.33. The van der Waals surface area contributed by atoms with E-state index in [4.69, 9.17) is 9.15 Å². The number of ether oxygens (including phenoxy) is 1. The zero-order chi connectivity index (χ0) is 21.9. The van der Waals surface area contributed by atoms with Crippen LogP contribution in [-0.4, -0.2) is 52.0 Å². The molecule has 7 nitrogen and oxygen atoms in total. The Hall–Kier alpha value is -3.61. The zero-order valence-corrected chi connectivity index (χ0v) is 17.7. The first kappa shape index (κ1) is 20.3. The third-order valence-electron chi connectivity index (χ3n) is 6.09. The largest absolute Gasteiger partial charge is 0.444 e. The summed E-state index contributed by atoms with van der Waals surface area (Å²) in [5.74, 6) is 1.28. The minimum Gasteiger partial charge on any atom is -0.444 e. The standard InChI is InChI=1S/C25H25N3O4/c29-24(19-8-6-18(7-9-19)23-16-26-17-31-23)28(20-10-11-20)21-12-14-27(15-13-21)25(30)32-22-4-2-1-3-5-22/h1-9,16-17,20-21H,10-15H2. The summed E-state index contributed by atoms with van der Waals surface area (Å²) in [5.41, 5.74) is 1.56. The highest BCUT2D eigenvalue weighted by atomic mass is 16.6. The van der Waals surface area contributed by atoms with Crippen LogP contribution in [0.1, 0.15) is 36.0 Å². The molecule has 1 saturated carbocycles. The number of benzene rings is 2. The molecule has 0 spiro atoms. The van der Waals surface area contributed by atoms with Gasteiger partial charge in [-0.1, -0.05) is 30.3 Å². The fourth-order valence-electron chi connectivity index (χ4n) is 4.25. The van der Waals surface area contributed by atoms with E-state index in [1.807, 2.05) is 47.4 Å². The van der Waals surface area contributed by atoms with Crippen LogP contribution in [0.4, 0.5) is 4.79 Å². The Bertz CT molecular complexity index is 1050. The fourth-order valence-corrected chi connectivity index (χ4v) is 4.25. The molecule has 0 bridgehead atoms. The van der Waals surface area contributed by atoms with Gasteiger partial charge < -0.3 is 19.0 Å². The fraction of sp³-hybridized carbons (Fsp3) is 0.320. The third-order valence-corrected chi connectivity index (χ3v) is 6.09. The number of carbonyl (C=O) groups is 2. The van der Waals surface area contributed by atoms with E-state index in [0.717, 1.165) is 31.2 Å². The van der Waals surface area contributed by atoms with E-state index in [9.17, 15) is 9.59 Å². The van der Waals surface area contributed by atoms with Gasteiger partial charge in [0.05, 0.1) is 6.20 Å². The lowest BCUT2D eigenvalue weighted by Gasteiger charge is -2.38. The Morgan fingerprint density at radius 3 is 2.25 bits per heavy atom. The van der Waals surface area contributed by atoms with Crippen molar-refractivity contribution in [1.82, 2.24) is 14.8 Å². The van der Waals surface area contributed by atoms with Gasteiger partial charge in [0.15, 0.2) is 12.2 Å². The second-order valence-electron chi connectivity index (χ2n) is 8.29. The summed E-state index contributed by atoms with van der Waals surface area (Å²) in [7, 11) is 0. The Labute approximate surface area is 186 Å². The molecule has 5 rings (SSSR count). The maximum absolute atomic E-state index is 13.4. The summed E-state index contributed by atoms with van der Waals surface area (Å²) in [5, 5.41) is 0. The van der Waals surface area contributed by atoms with Crippen LogP contribution in [0.25, 0.3) is 11.3 Å². The molecule has 32 heavy (non-hydrogen) atoms. The third kappa shape index (κ3) is 4.37. The molecule has 1 aliphatic heterocycles. The number of carbonyl (C=O) groups excluding carboxylic acids is 2. The molecule has 164 valence electrons. The monoisotopic (exact) mass is 431 g/mol. The Morgan fingerprint density at radius 1 is 0.938 bits per heavy atom. The van der Waals surface area contributed by atoms with Crippen molar-refractivity contribution < 1.29 is 18.7 Å². The molecule has 7 heteroatoms. The van der Waals surface area contributed by atoms with Crippen molar-refractivity contribution in [2.75, 3.05) is 13.1 Å². The molecule has 0 radical (unpaired) electrons. The number of hydrogen-bond donors (Lipinski definition) is 0. The van der Waals surface area contributed by atoms with Crippen molar-refractivity contribution >= 4 is 12.0 Å². The number of likely N-dealkylation sites (tertiary alicyclic amines) is 1. The molecular formula is C25H25N3O4. The van der Waals surface area contributed by atoms with Crippen LogP contribution in [0, 0.1) is 0 Å². The van der Waals surface area contributed by atoms with Gasteiger partial charge in [0.1, 0.15) is 5.75 Å². The van der Waals surface area contributed by atoms with E-state index < -0.39 is 0 Å². The molecule has 2 aliphatic rings. The molecule has 0 unspecified atom stereocenters. The summed E-state index contributed by atoms with van der Waals surface area (Å²) >= 11 is 0. The molecule has 1 aliphatic carbocycles. The lowest BCUT2D eigenvalue weighted by Crippen LogP contribution is -2.50. The zero-order valence-electron chi connectivity index (χ0n) is 17.7. The van der Waals surface area contributed by atoms with Gasteiger partial charge in [0.2, 0.25) is 0 Å². The van der Waals surface area contributed by atoms with Crippen molar-refractivity contribution in [2.45, 2.75) is 37.8 Å². The molecule has 2 heterocycles. The maximum atomic E-state index is 13.4. The first-order valence-electron chi connectivity index (χ1n) is 11.0. The Balaban J connectivity index is 1.22. The Kier molecular flexibility index (Phi) is 5.62. The van der Waals surface area contributed by atoms with Crippen LogP contribution in [0.3, 0.4) is 0 Å². The smallest absolute Gasteiger partial charge is 0.415 e. The lowest BCUT2D eigenvalue weighted by molar-refractivity contribution is 0.0556. The number of nitrogens with zero attached hydrogens (tertiary/aromatic N) is 3. The minimum absolute atomic E-state index is 0.0573. The molecule has 1 saturated heterocycles. The van der Waals surface area contributed by atoms with Crippen molar-refractivity contribution in [2.24, 2.45) is 0 Å². The van der Waals surface area contributed by atoms with Crippen molar-refractivity contribution in [3.05, 3.63) is 72.8 Å². The van der Waals surface area contributed by atoms with Crippen LogP contribution >= 0.6 is 0 Å². The highest BCUT2D eigenvalue weighted by molar-refractivity contribution is 5.95. The van der Waals surface area contributed by atoms with Crippen molar-refractivity contribution in [3.8, 4) is 17.1 Å². The molecule has 0 atom stereocenters. The van der Waals surface area contributed by atoms with Gasteiger partial charge in [0, 0.05) is 36.3 Å². The summed E-state index contributed by atoms with van der Waals surface area (Å²) in [4.78, 5) is 33.6. The molecule has 2 fully saturated rings. The first-order valence-corrected chi connectivity index (χ1v) is 11.0. The highest BCUT2D eigenvalue weighted by Gasteiger charge is 2.39. The second kappa shape index (κ2) is 8.86. The normalized spacial score (nSPS) is 16.6. The lowest BCUT2D eigenvalue weighted by atomic mass is 10.0. The van der Waals surface area contributed by atoms with E-state index in [2.05, 4.69) is 4.98 Å². The van der Waals surface area contributed by atoms with Gasteiger partial charge in [-0.15, -0.1) is 0 Å². The quantitative estimate of drug-likeness (QED) is 0.590. The SMILES string of the molecule is O=C(Oc1ccccc1)N1CCC(N(C(=O)c2ccc(-c3cnco3)cc2)C2CC2)CC1. The maximum Gasteiger partial charge on any atom is 0.415 e. The van der Waals surface area contributed by atoms with Crippen LogP contribution in [0.15, 0.2) is 71.6 Å². The number of amides is 2. The van der Waals surface area contributed by atoms with E-state index in [1.165, 1.54) is 6.39 Å². The summed E-state index contributed by atoms with van der Waals surface area (Å²) in [6.45, 7) is 1.16. The summed E-state index contributed by atoms with van der Waals surface area (Å²) < 4.78 is 10.8. The van der Waals surface area contributed by atoms with Gasteiger partial charge in [0.25, 0.3) is 5.91 Å². The van der Waals surface area contributed by atoms with Crippen LogP contribution in [-0.2, 0) is 0 Å². The van der Waals surface area contributed by atoms with E-state index >= 15 is 0 Å². The van der Waals surface area contributed by atoms with Gasteiger partial charge in [-0.25, -0.2) is 9.78 Å². The molecular weight excluding hydrogens is 406 g/mol. The van der Waals surface area contributed by atoms with Gasteiger partial charge in [-0.3, -0.25) is 4.79 Å². The number of oxazole rings is 1. The molecule has 1 aromatic heterocycles. The van der Waals surface area contributed by atoms with Gasteiger partial charge in [-0.05, 0) is 49.9 Å². The average molecular weight is 431 g/mol. The van der Waals surface area contributed by atoms with E-state index in [0.29, 0.717) is 36.2 Å². The number of piperidine rings is 1. The van der Waals surface area contributed by atoms with E-state index in [-0.39, 0.29) is 18.0 Å². The minimum atomic E-state index is -0.332. The number of rotatable bonds is 5. The second-order valence-corrected chi connectivity index (χ2v) is 8.29. The number of hydrogen-bond acceptors (Lipinski definition) is 5. The average Bonchev–Trinajstić information content (AvgIpc) is 3.51.